The maximum atomic E-state index is 13.2. The van der Waals surface area contributed by atoms with Gasteiger partial charge in [-0.2, -0.15) is 0 Å². The van der Waals surface area contributed by atoms with E-state index in [1.807, 2.05) is 41.3 Å². The van der Waals surface area contributed by atoms with Gasteiger partial charge in [-0.1, -0.05) is 54.9 Å². The van der Waals surface area contributed by atoms with Crippen molar-refractivity contribution in [2.24, 2.45) is 0 Å². The number of pyridine rings is 1. The average molecular weight is 484 g/mol. The predicted molar refractivity (Wildman–Crippen MR) is 139 cm³/mol. The van der Waals surface area contributed by atoms with Crippen LogP contribution in [0, 0.1) is 6.92 Å². The second-order valence-corrected chi connectivity index (χ2v) is 9.05. The molecule has 7 heteroatoms. The zero-order valence-corrected chi connectivity index (χ0v) is 20.5. The van der Waals surface area contributed by atoms with E-state index in [2.05, 4.69) is 42.3 Å². The standard InChI is InChI=1S/C28H26ClN5O/c1-3-19-8-6-9-21(15-19)31-28(35)34-14-12-24-23(17-34)26(22-10-5-4-7-18(22)2)33-27(32-24)20-11-13-30-25(29)16-20/h4-11,13,15-16H,3,12,14,17H2,1-2H3,(H,31,35). The Morgan fingerprint density at radius 3 is 2.74 bits per heavy atom. The number of carbonyl (C=O) groups excluding carboxylic acids is 1. The van der Waals surface area contributed by atoms with Crippen LogP contribution in [0.25, 0.3) is 22.6 Å². The van der Waals surface area contributed by atoms with Gasteiger partial charge in [-0.3, -0.25) is 0 Å². The quantitative estimate of drug-likeness (QED) is 0.345. The van der Waals surface area contributed by atoms with Crippen molar-refractivity contribution < 1.29 is 4.79 Å². The summed E-state index contributed by atoms with van der Waals surface area (Å²) in [5, 5.41) is 3.46. The summed E-state index contributed by atoms with van der Waals surface area (Å²) in [5.74, 6) is 0.612. The number of carbonyl (C=O) groups is 1. The van der Waals surface area contributed by atoms with Gasteiger partial charge in [-0.25, -0.2) is 19.7 Å². The fourth-order valence-corrected chi connectivity index (χ4v) is 4.56. The number of nitrogens with one attached hydrogen (secondary N) is 1. The minimum Gasteiger partial charge on any atom is -0.320 e. The van der Waals surface area contributed by atoms with Crippen molar-refractivity contribution >= 4 is 23.3 Å². The van der Waals surface area contributed by atoms with Crippen molar-refractivity contribution in [1.29, 1.82) is 0 Å². The number of amides is 2. The molecule has 5 rings (SSSR count). The summed E-state index contributed by atoms with van der Waals surface area (Å²) in [6.07, 6.45) is 3.22. The molecule has 0 atom stereocenters. The molecule has 6 nitrogen and oxygen atoms in total. The minimum atomic E-state index is -0.121. The van der Waals surface area contributed by atoms with Gasteiger partial charge in [0.05, 0.1) is 17.9 Å². The first-order valence-corrected chi connectivity index (χ1v) is 12.1. The lowest BCUT2D eigenvalue weighted by Crippen LogP contribution is -2.39. The molecule has 0 saturated heterocycles. The van der Waals surface area contributed by atoms with E-state index in [1.165, 1.54) is 5.56 Å². The second-order valence-electron chi connectivity index (χ2n) is 8.66. The number of halogens is 1. The van der Waals surface area contributed by atoms with Gasteiger partial charge in [0.2, 0.25) is 0 Å². The summed E-state index contributed by atoms with van der Waals surface area (Å²) in [6.45, 7) is 5.19. The molecule has 0 saturated carbocycles. The molecular weight excluding hydrogens is 458 g/mol. The Morgan fingerprint density at radius 1 is 1.09 bits per heavy atom. The van der Waals surface area contributed by atoms with E-state index < -0.39 is 0 Å². The van der Waals surface area contributed by atoms with Crippen LogP contribution in [0.5, 0.6) is 0 Å². The van der Waals surface area contributed by atoms with Crippen LogP contribution < -0.4 is 5.32 Å². The normalized spacial score (nSPS) is 12.8. The van der Waals surface area contributed by atoms with Gasteiger partial charge < -0.3 is 10.2 Å². The second kappa shape index (κ2) is 9.84. The van der Waals surface area contributed by atoms with Crippen molar-refractivity contribution in [1.82, 2.24) is 19.9 Å². The van der Waals surface area contributed by atoms with Crippen LogP contribution >= 0.6 is 11.6 Å². The Hall–Kier alpha value is -3.77. The predicted octanol–water partition coefficient (Wildman–Crippen LogP) is 6.32. The summed E-state index contributed by atoms with van der Waals surface area (Å²) in [4.78, 5) is 28.9. The molecule has 1 N–H and O–H groups in total. The first-order chi connectivity index (χ1) is 17.0. The van der Waals surface area contributed by atoms with Gasteiger partial charge in [0.15, 0.2) is 5.82 Å². The number of fused-ring (bicyclic) bond motifs is 1. The number of hydrogen-bond donors (Lipinski definition) is 1. The third-order valence-electron chi connectivity index (χ3n) is 6.32. The van der Waals surface area contributed by atoms with Crippen LogP contribution in [0.4, 0.5) is 10.5 Å². The molecule has 0 fully saturated rings. The first kappa shape index (κ1) is 23.0. The largest absolute Gasteiger partial charge is 0.322 e. The molecule has 2 aromatic carbocycles. The maximum absolute atomic E-state index is 13.2. The van der Waals surface area contributed by atoms with Gasteiger partial charge >= 0.3 is 6.03 Å². The topological polar surface area (TPSA) is 71.0 Å². The Kier molecular flexibility index (Phi) is 6.47. The number of aromatic nitrogens is 3. The van der Waals surface area contributed by atoms with E-state index in [0.717, 1.165) is 45.7 Å². The Morgan fingerprint density at radius 2 is 1.94 bits per heavy atom. The summed E-state index contributed by atoms with van der Waals surface area (Å²) in [5.41, 5.74) is 7.74. The molecule has 4 aromatic rings. The van der Waals surface area contributed by atoms with Crippen molar-refractivity contribution in [3.05, 3.63) is 94.4 Å². The molecule has 3 heterocycles. The maximum Gasteiger partial charge on any atom is 0.322 e. The smallest absolute Gasteiger partial charge is 0.320 e. The number of anilines is 1. The van der Waals surface area contributed by atoms with E-state index in [4.69, 9.17) is 21.6 Å². The highest BCUT2D eigenvalue weighted by Gasteiger charge is 2.27. The summed E-state index contributed by atoms with van der Waals surface area (Å²) >= 11 is 6.14. The lowest BCUT2D eigenvalue weighted by molar-refractivity contribution is 0.206. The molecule has 0 spiro atoms. The van der Waals surface area contributed by atoms with Gasteiger partial charge in [-0.15, -0.1) is 0 Å². The summed E-state index contributed by atoms with van der Waals surface area (Å²) in [7, 11) is 0. The van der Waals surface area contributed by atoms with Crippen molar-refractivity contribution in [2.45, 2.75) is 33.2 Å². The Bertz CT molecular complexity index is 1400. The van der Waals surface area contributed by atoms with E-state index in [-0.39, 0.29) is 6.03 Å². The van der Waals surface area contributed by atoms with Crippen LogP contribution in [-0.2, 0) is 19.4 Å². The van der Waals surface area contributed by atoms with Crippen molar-refractivity contribution in [2.75, 3.05) is 11.9 Å². The molecule has 35 heavy (non-hydrogen) atoms. The van der Waals surface area contributed by atoms with E-state index in [9.17, 15) is 4.79 Å². The number of urea groups is 1. The molecule has 0 aliphatic carbocycles. The molecule has 0 bridgehead atoms. The zero-order chi connectivity index (χ0) is 24.4. The molecule has 2 amide bonds. The molecule has 176 valence electrons. The molecular formula is C28H26ClN5O. The number of benzene rings is 2. The average Bonchev–Trinajstić information content (AvgIpc) is 2.88. The van der Waals surface area contributed by atoms with Gasteiger partial charge in [0.1, 0.15) is 5.15 Å². The fourth-order valence-electron chi connectivity index (χ4n) is 4.39. The summed E-state index contributed by atoms with van der Waals surface area (Å²) in [6, 6.07) is 19.6. The lowest BCUT2D eigenvalue weighted by atomic mass is 9.96. The van der Waals surface area contributed by atoms with Crippen molar-refractivity contribution in [3.63, 3.8) is 0 Å². The Labute approximate surface area is 210 Å². The molecule has 2 aromatic heterocycles. The molecule has 1 aliphatic heterocycles. The lowest BCUT2D eigenvalue weighted by Gasteiger charge is -2.30. The van der Waals surface area contributed by atoms with Crippen LogP contribution in [-0.4, -0.2) is 32.4 Å². The number of nitrogens with zero attached hydrogens (tertiary/aromatic N) is 4. The number of rotatable bonds is 4. The van der Waals surface area contributed by atoms with Gasteiger partial charge in [0.25, 0.3) is 0 Å². The van der Waals surface area contributed by atoms with Gasteiger partial charge in [-0.05, 0) is 48.7 Å². The SMILES string of the molecule is CCc1cccc(NC(=O)N2CCc3nc(-c4ccnc(Cl)c4)nc(-c4ccccc4C)c3C2)c1. The molecule has 0 unspecified atom stereocenters. The fraction of sp³-hybridized carbons (Fsp3) is 0.214. The first-order valence-electron chi connectivity index (χ1n) is 11.7. The molecule has 1 aliphatic rings. The highest BCUT2D eigenvalue weighted by Crippen LogP contribution is 2.33. The highest BCUT2D eigenvalue weighted by atomic mass is 35.5. The third-order valence-corrected chi connectivity index (χ3v) is 6.53. The zero-order valence-electron chi connectivity index (χ0n) is 19.8. The van der Waals surface area contributed by atoms with E-state index in [1.54, 1.807) is 12.3 Å². The van der Waals surface area contributed by atoms with Crippen LogP contribution in [0.3, 0.4) is 0 Å². The van der Waals surface area contributed by atoms with Crippen LogP contribution in [0.1, 0.15) is 29.3 Å². The Balaban J connectivity index is 1.52. The number of hydrogen-bond acceptors (Lipinski definition) is 4. The minimum absolute atomic E-state index is 0.121. The van der Waals surface area contributed by atoms with Crippen molar-refractivity contribution in [3.8, 4) is 22.6 Å². The monoisotopic (exact) mass is 483 g/mol. The van der Waals surface area contributed by atoms with E-state index in [0.29, 0.717) is 30.5 Å². The van der Waals surface area contributed by atoms with Gasteiger partial charge in [0, 0.05) is 41.5 Å². The van der Waals surface area contributed by atoms with Crippen LogP contribution in [0.15, 0.2) is 66.9 Å². The van der Waals surface area contributed by atoms with E-state index >= 15 is 0 Å². The molecule has 0 radical (unpaired) electrons. The van der Waals surface area contributed by atoms with Crippen LogP contribution in [0.2, 0.25) is 5.15 Å². The number of aryl methyl sites for hydroxylation is 2. The third kappa shape index (κ3) is 4.88. The summed E-state index contributed by atoms with van der Waals surface area (Å²) < 4.78 is 0. The highest BCUT2D eigenvalue weighted by molar-refractivity contribution is 6.29.